The standard InChI is InChI=1S/C22H30N4O3/c27-19(23-18-10-4-3-5-11-18)17-9-8-14-25(15-17)16-26-20(28)22(24-21(26)29)12-6-1-2-7-13-22/h3-5,10-11,17H,1-2,6-9,12-16H2,(H,23,27)(H,24,29)/t17-/m1/s1. The lowest BCUT2D eigenvalue weighted by Crippen LogP contribution is -2.49. The molecule has 1 aliphatic carbocycles. The van der Waals surface area contributed by atoms with Gasteiger partial charge >= 0.3 is 6.03 Å². The molecular weight excluding hydrogens is 368 g/mol. The van der Waals surface area contributed by atoms with Gasteiger partial charge in [0, 0.05) is 12.2 Å². The van der Waals surface area contributed by atoms with Crippen LogP contribution >= 0.6 is 0 Å². The zero-order valence-electron chi connectivity index (χ0n) is 16.9. The second-order valence-electron chi connectivity index (χ2n) is 8.57. The molecule has 0 unspecified atom stereocenters. The summed E-state index contributed by atoms with van der Waals surface area (Å²) in [6.45, 7) is 1.61. The fraction of sp³-hybridized carbons (Fsp3) is 0.591. The molecule has 2 N–H and O–H groups in total. The van der Waals surface area contributed by atoms with Gasteiger partial charge in [0.2, 0.25) is 5.91 Å². The number of anilines is 1. The molecule has 4 rings (SSSR count). The lowest BCUT2D eigenvalue weighted by Gasteiger charge is -2.34. The minimum Gasteiger partial charge on any atom is -0.326 e. The number of likely N-dealkylation sites (tertiary alicyclic amines) is 1. The lowest BCUT2D eigenvalue weighted by molar-refractivity contribution is -0.133. The predicted molar refractivity (Wildman–Crippen MR) is 110 cm³/mol. The maximum atomic E-state index is 13.1. The quantitative estimate of drug-likeness (QED) is 0.764. The van der Waals surface area contributed by atoms with Crippen LogP contribution in [0.25, 0.3) is 0 Å². The lowest BCUT2D eigenvalue weighted by atomic mass is 9.90. The predicted octanol–water partition coefficient (Wildman–Crippen LogP) is 2.94. The van der Waals surface area contributed by atoms with Gasteiger partial charge in [-0.15, -0.1) is 0 Å². The maximum absolute atomic E-state index is 13.1. The molecule has 0 radical (unpaired) electrons. The smallest absolute Gasteiger partial charge is 0.326 e. The first-order valence-corrected chi connectivity index (χ1v) is 10.8. The first-order valence-electron chi connectivity index (χ1n) is 10.8. The van der Waals surface area contributed by atoms with Crippen LogP contribution in [0.5, 0.6) is 0 Å². The minimum atomic E-state index is -0.701. The van der Waals surface area contributed by atoms with Gasteiger partial charge in [0.1, 0.15) is 5.54 Å². The van der Waals surface area contributed by atoms with Crippen LogP contribution in [0.1, 0.15) is 51.4 Å². The Morgan fingerprint density at radius 1 is 1.07 bits per heavy atom. The van der Waals surface area contributed by atoms with Crippen molar-refractivity contribution in [3.05, 3.63) is 30.3 Å². The van der Waals surface area contributed by atoms with Crippen LogP contribution in [0, 0.1) is 5.92 Å². The number of piperidine rings is 1. The molecular formula is C22H30N4O3. The highest BCUT2D eigenvalue weighted by atomic mass is 16.2. The molecule has 29 heavy (non-hydrogen) atoms. The first-order chi connectivity index (χ1) is 14.1. The number of para-hydroxylation sites is 1. The van der Waals surface area contributed by atoms with E-state index in [1.54, 1.807) is 0 Å². The molecule has 2 aliphatic heterocycles. The van der Waals surface area contributed by atoms with E-state index >= 15 is 0 Å². The number of urea groups is 1. The summed E-state index contributed by atoms with van der Waals surface area (Å²) in [7, 11) is 0. The van der Waals surface area contributed by atoms with Crippen LogP contribution in [0.2, 0.25) is 0 Å². The third-order valence-electron chi connectivity index (χ3n) is 6.46. The minimum absolute atomic E-state index is 0.00154. The number of imide groups is 1. The Balaban J connectivity index is 1.37. The van der Waals surface area contributed by atoms with Crippen molar-refractivity contribution >= 4 is 23.5 Å². The van der Waals surface area contributed by atoms with E-state index in [2.05, 4.69) is 15.5 Å². The molecule has 7 heteroatoms. The van der Waals surface area contributed by atoms with Gasteiger partial charge in [0.25, 0.3) is 5.91 Å². The largest absolute Gasteiger partial charge is 0.326 e. The van der Waals surface area contributed by atoms with Crippen molar-refractivity contribution in [2.24, 2.45) is 5.92 Å². The molecule has 1 spiro atoms. The molecule has 156 valence electrons. The van der Waals surface area contributed by atoms with Gasteiger partial charge in [-0.1, -0.05) is 43.9 Å². The summed E-state index contributed by atoms with van der Waals surface area (Å²) >= 11 is 0. The van der Waals surface area contributed by atoms with Crippen molar-refractivity contribution in [1.82, 2.24) is 15.1 Å². The van der Waals surface area contributed by atoms with E-state index < -0.39 is 5.54 Å². The number of rotatable bonds is 4. The van der Waals surface area contributed by atoms with E-state index in [1.807, 2.05) is 30.3 Å². The Kier molecular flexibility index (Phi) is 5.85. The fourth-order valence-electron chi connectivity index (χ4n) is 4.84. The Morgan fingerprint density at radius 2 is 1.79 bits per heavy atom. The number of carbonyl (C=O) groups is 3. The third-order valence-corrected chi connectivity index (χ3v) is 6.46. The van der Waals surface area contributed by atoms with Gasteiger partial charge in [-0.3, -0.25) is 14.5 Å². The Labute approximate surface area is 171 Å². The van der Waals surface area contributed by atoms with Crippen LogP contribution < -0.4 is 10.6 Å². The van der Waals surface area contributed by atoms with Gasteiger partial charge in [-0.05, 0) is 44.4 Å². The number of carbonyl (C=O) groups excluding carboxylic acids is 3. The topological polar surface area (TPSA) is 81.8 Å². The van der Waals surface area contributed by atoms with E-state index in [-0.39, 0.29) is 30.4 Å². The van der Waals surface area contributed by atoms with E-state index in [4.69, 9.17) is 0 Å². The second-order valence-corrected chi connectivity index (χ2v) is 8.57. The summed E-state index contributed by atoms with van der Waals surface area (Å²) in [4.78, 5) is 41.8. The third kappa shape index (κ3) is 4.29. The van der Waals surface area contributed by atoms with Gasteiger partial charge in [0.05, 0.1) is 12.6 Å². The SMILES string of the molecule is O=C(Nc1ccccc1)[C@@H]1CCCN(CN2C(=O)NC3(CCCCCC3)C2=O)C1. The van der Waals surface area contributed by atoms with Crippen LogP contribution in [0.15, 0.2) is 30.3 Å². The van der Waals surface area contributed by atoms with Crippen LogP contribution in [-0.4, -0.2) is 52.9 Å². The van der Waals surface area contributed by atoms with Crippen molar-refractivity contribution in [2.75, 3.05) is 25.1 Å². The zero-order valence-corrected chi connectivity index (χ0v) is 16.9. The average molecular weight is 399 g/mol. The van der Waals surface area contributed by atoms with Crippen LogP contribution in [0.3, 0.4) is 0 Å². The van der Waals surface area contributed by atoms with Gasteiger partial charge in [-0.2, -0.15) is 0 Å². The summed E-state index contributed by atoms with van der Waals surface area (Å²) in [6.07, 6.45) is 7.36. The van der Waals surface area contributed by atoms with Crippen molar-refractivity contribution in [3.63, 3.8) is 0 Å². The molecule has 1 saturated carbocycles. The molecule has 2 heterocycles. The number of benzene rings is 1. The van der Waals surface area contributed by atoms with E-state index in [1.165, 1.54) is 4.90 Å². The molecule has 7 nitrogen and oxygen atoms in total. The average Bonchev–Trinajstić information content (AvgIpc) is 2.89. The molecule has 4 amide bonds. The maximum Gasteiger partial charge on any atom is 0.326 e. The molecule has 1 atom stereocenters. The number of nitrogens with one attached hydrogen (secondary N) is 2. The highest BCUT2D eigenvalue weighted by Gasteiger charge is 2.51. The molecule has 0 bridgehead atoms. The Hall–Kier alpha value is -2.41. The fourth-order valence-corrected chi connectivity index (χ4v) is 4.84. The summed E-state index contributed by atoms with van der Waals surface area (Å²) < 4.78 is 0. The van der Waals surface area contributed by atoms with Crippen molar-refractivity contribution < 1.29 is 14.4 Å². The van der Waals surface area contributed by atoms with Crippen molar-refractivity contribution in [1.29, 1.82) is 0 Å². The normalized spacial score (nSPS) is 25.0. The molecule has 2 saturated heterocycles. The summed E-state index contributed by atoms with van der Waals surface area (Å²) in [6, 6.07) is 9.16. The first kappa shape index (κ1) is 19.9. The highest BCUT2D eigenvalue weighted by Crippen LogP contribution is 2.33. The summed E-state index contributed by atoms with van der Waals surface area (Å²) in [5, 5.41) is 5.97. The van der Waals surface area contributed by atoms with Crippen molar-refractivity contribution in [3.8, 4) is 0 Å². The molecule has 1 aromatic carbocycles. The summed E-state index contributed by atoms with van der Waals surface area (Å²) in [5.41, 5.74) is 0.0898. The van der Waals surface area contributed by atoms with Gasteiger partial charge in [-0.25, -0.2) is 9.69 Å². The number of hydrogen-bond acceptors (Lipinski definition) is 4. The van der Waals surface area contributed by atoms with Gasteiger partial charge < -0.3 is 10.6 Å². The van der Waals surface area contributed by atoms with Crippen molar-refractivity contribution in [2.45, 2.75) is 56.9 Å². The number of nitrogens with zero attached hydrogens (tertiary/aromatic N) is 2. The van der Waals surface area contributed by atoms with E-state index in [0.717, 1.165) is 63.6 Å². The van der Waals surface area contributed by atoms with Gasteiger partial charge in [0.15, 0.2) is 0 Å². The highest BCUT2D eigenvalue weighted by molar-refractivity contribution is 6.07. The summed E-state index contributed by atoms with van der Waals surface area (Å²) in [5.74, 6) is -0.227. The Bertz CT molecular complexity index is 759. The van der Waals surface area contributed by atoms with E-state index in [9.17, 15) is 14.4 Å². The zero-order chi connectivity index (χ0) is 20.3. The molecule has 1 aromatic rings. The monoisotopic (exact) mass is 398 g/mol. The van der Waals surface area contributed by atoms with Crippen LogP contribution in [-0.2, 0) is 9.59 Å². The number of amides is 4. The Morgan fingerprint density at radius 3 is 2.52 bits per heavy atom. The molecule has 0 aromatic heterocycles. The molecule has 3 aliphatic rings. The van der Waals surface area contributed by atoms with Crippen LogP contribution in [0.4, 0.5) is 10.5 Å². The molecule has 3 fully saturated rings. The number of hydrogen-bond donors (Lipinski definition) is 2. The van der Waals surface area contributed by atoms with E-state index in [0.29, 0.717) is 6.54 Å². The second kappa shape index (κ2) is 8.53.